The molecule has 2 heteroatoms. The molecule has 12 heavy (non-hydrogen) atoms. The van der Waals surface area contributed by atoms with Crippen LogP contribution in [0.1, 0.15) is 22.8 Å². The van der Waals surface area contributed by atoms with Crippen LogP contribution < -0.4 is 0 Å². The maximum Gasteiger partial charge on any atom is 0.189 e. The summed E-state index contributed by atoms with van der Waals surface area (Å²) in [5.41, 5.74) is 2.64. The molecule has 1 aliphatic carbocycles. The average molecular weight is 223 g/mol. The number of Topliss-reactive ketones (excluding diaryl/α,β-unsaturated/α-hetero) is 1. The lowest BCUT2D eigenvalue weighted by atomic mass is 10.1. The average Bonchev–Trinajstić information content (AvgIpc) is 2.32. The molecule has 0 heterocycles. The van der Waals surface area contributed by atoms with Crippen LogP contribution in [0.25, 0.3) is 6.08 Å². The van der Waals surface area contributed by atoms with Crippen molar-refractivity contribution < 1.29 is 4.79 Å². The van der Waals surface area contributed by atoms with E-state index in [4.69, 9.17) is 0 Å². The quantitative estimate of drug-likeness (QED) is 0.660. The Hall–Kier alpha value is -0.890. The summed E-state index contributed by atoms with van der Waals surface area (Å²) in [7, 11) is 0. The van der Waals surface area contributed by atoms with Gasteiger partial charge in [0.15, 0.2) is 5.78 Å². The molecule has 0 fully saturated rings. The van der Waals surface area contributed by atoms with Crippen molar-refractivity contribution in [3.8, 4) is 0 Å². The van der Waals surface area contributed by atoms with Gasteiger partial charge in [-0.3, -0.25) is 4.79 Å². The summed E-state index contributed by atoms with van der Waals surface area (Å²) in [6.07, 6.45) is 1.92. The topological polar surface area (TPSA) is 17.1 Å². The third-order valence-electron chi connectivity index (χ3n) is 2.02. The van der Waals surface area contributed by atoms with E-state index >= 15 is 0 Å². The first-order valence-corrected chi connectivity index (χ1v) is 4.51. The summed E-state index contributed by atoms with van der Waals surface area (Å²) in [6, 6.07) is 5.68. The van der Waals surface area contributed by atoms with Crippen LogP contribution in [0.4, 0.5) is 0 Å². The van der Waals surface area contributed by atoms with Crippen LogP contribution in [0.2, 0.25) is 0 Å². The van der Waals surface area contributed by atoms with E-state index in [-0.39, 0.29) is 5.78 Å². The van der Waals surface area contributed by atoms with Gasteiger partial charge >= 0.3 is 0 Å². The van der Waals surface area contributed by atoms with Crippen LogP contribution >= 0.6 is 15.9 Å². The highest BCUT2D eigenvalue weighted by molar-refractivity contribution is 9.10. The van der Waals surface area contributed by atoms with Crippen molar-refractivity contribution in [2.45, 2.75) is 6.92 Å². The lowest BCUT2D eigenvalue weighted by Crippen LogP contribution is -1.94. The van der Waals surface area contributed by atoms with Crippen LogP contribution in [-0.4, -0.2) is 5.78 Å². The minimum absolute atomic E-state index is 0.145. The van der Waals surface area contributed by atoms with Crippen LogP contribution in [0, 0.1) is 0 Å². The molecule has 2 rings (SSSR count). The number of allylic oxidation sites excluding steroid dienone is 1. The molecule has 0 atom stereocenters. The van der Waals surface area contributed by atoms with Gasteiger partial charge in [-0.05, 0) is 24.6 Å². The molecule has 1 aromatic rings. The smallest absolute Gasteiger partial charge is 0.189 e. The fourth-order valence-corrected chi connectivity index (χ4v) is 1.86. The molecule has 0 radical (unpaired) electrons. The highest BCUT2D eigenvalue weighted by Crippen LogP contribution is 2.30. The minimum Gasteiger partial charge on any atom is -0.289 e. The zero-order chi connectivity index (χ0) is 8.72. The fraction of sp³-hybridized carbons (Fsp3) is 0.100. The zero-order valence-corrected chi connectivity index (χ0v) is 8.18. The highest BCUT2D eigenvalue weighted by atomic mass is 79.9. The Morgan fingerprint density at radius 1 is 1.33 bits per heavy atom. The summed E-state index contributed by atoms with van der Waals surface area (Å²) >= 11 is 3.41. The van der Waals surface area contributed by atoms with Gasteiger partial charge in [0.1, 0.15) is 0 Å². The second-order valence-corrected chi connectivity index (χ2v) is 3.71. The molecule has 0 N–H and O–H groups in total. The van der Waals surface area contributed by atoms with Crippen LogP contribution in [0.5, 0.6) is 0 Å². The second kappa shape index (κ2) is 2.56. The van der Waals surface area contributed by atoms with E-state index in [0.717, 1.165) is 21.2 Å². The molecule has 0 bridgehead atoms. The monoisotopic (exact) mass is 222 g/mol. The Morgan fingerprint density at radius 3 is 2.75 bits per heavy atom. The van der Waals surface area contributed by atoms with E-state index in [1.807, 2.05) is 31.2 Å². The Bertz CT molecular complexity index is 391. The van der Waals surface area contributed by atoms with Crippen molar-refractivity contribution in [1.29, 1.82) is 0 Å². The zero-order valence-electron chi connectivity index (χ0n) is 6.60. The summed E-state index contributed by atoms with van der Waals surface area (Å²) in [5, 5.41) is 0. The van der Waals surface area contributed by atoms with Crippen molar-refractivity contribution in [2.24, 2.45) is 0 Å². The first-order valence-electron chi connectivity index (χ1n) is 3.71. The van der Waals surface area contributed by atoms with Gasteiger partial charge in [-0.15, -0.1) is 0 Å². The summed E-state index contributed by atoms with van der Waals surface area (Å²) < 4.78 is 0.991. The van der Waals surface area contributed by atoms with Crippen molar-refractivity contribution >= 4 is 27.8 Å². The van der Waals surface area contributed by atoms with E-state index in [1.54, 1.807) is 0 Å². The fourth-order valence-electron chi connectivity index (χ4n) is 1.38. The molecule has 0 aromatic heterocycles. The summed E-state index contributed by atoms with van der Waals surface area (Å²) in [6.45, 7) is 1.84. The van der Waals surface area contributed by atoms with E-state index in [2.05, 4.69) is 15.9 Å². The van der Waals surface area contributed by atoms with Crippen LogP contribution in [0.15, 0.2) is 28.2 Å². The lowest BCUT2D eigenvalue weighted by Gasteiger charge is -1.97. The lowest BCUT2D eigenvalue weighted by molar-refractivity contribution is 0.103. The Kier molecular flexibility index (Phi) is 1.65. The van der Waals surface area contributed by atoms with Gasteiger partial charge in [0, 0.05) is 15.6 Å². The van der Waals surface area contributed by atoms with E-state index in [9.17, 15) is 4.79 Å². The molecule has 0 saturated carbocycles. The largest absolute Gasteiger partial charge is 0.289 e. The molecule has 0 spiro atoms. The standard InChI is InChI=1S/C10H7BrO/c1-6-5-8-7(10(6)12)3-2-4-9(8)11/h2-5H,1H3. The Morgan fingerprint density at radius 2 is 2.08 bits per heavy atom. The maximum atomic E-state index is 11.5. The third-order valence-corrected chi connectivity index (χ3v) is 2.71. The molecular formula is C10H7BrO. The van der Waals surface area contributed by atoms with Gasteiger partial charge in [-0.1, -0.05) is 28.1 Å². The predicted molar refractivity (Wildman–Crippen MR) is 52.1 cm³/mol. The predicted octanol–water partition coefficient (Wildman–Crippen LogP) is 3.05. The number of carbonyl (C=O) groups is 1. The highest BCUT2D eigenvalue weighted by Gasteiger charge is 2.19. The van der Waals surface area contributed by atoms with Crippen molar-refractivity contribution in [3.05, 3.63) is 39.4 Å². The summed E-state index contributed by atoms with van der Waals surface area (Å²) in [5.74, 6) is 0.145. The molecule has 0 aliphatic heterocycles. The first-order chi connectivity index (χ1) is 5.70. The summed E-state index contributed by atoms with van der Waals surface area (Å²) in [4.78, 5) is 11.5. The van der Waals surface area contributed by atoms with Crippen molar-refractivity contribution in [3.63, 3.8) is 0 Å². The van der Waals surface area contributed by atoms with Gasteiger partial charge in [0.05, 0.1) is 0 Å². The first kappa shape index (κ1) is 7.74. The SMILES string of the molecule is CC1=Cc2c(Br)cccc2C1=O. The minimum atomic E-state index is 0.145. The molecule has 0 saturated heterocycles. The number of hydrogen-bond acceptors (Lipinski definition) is 1. The molecule has 0 unspecified atom stereocenters. The van der Waals surface area contributed by atoms with Crippen LogP contribution in [-0.2, 0) is 0 Å². The molecular weight excluding hydrogens is 216 g/mol. The van der Waals surface area contributed by atoms with E-state index < -0.39 is 0 Å². The number of ketones is 1. The Balaban J connectivity index is 2.72. The van der Waals surface area contributed by atoms with Gasteiger partial charge in [-0.2, -0.15) is 0 Å². The number of carbonyl (C=O) groups excluding carboxylic acids is 1. The van der Waals surface area contributed by atoms with Gasteiger partial charge in [0.25, 0.3) is 0 Å². The molecule has 0 amide bonds. The maximum absolute atomic E-state index is 11.5. The van der Waals surface area contributed by atoms with Crippen molar-refractivity contribution in [1.82, 2.24) is 0 Å². The second-order valence-electron chi connectivity index (χ2n) is 2.86. The number of rotatable bonds is 0. The number of hydrogen-bond donors (Lipinski definition) is 0. The Labute approximate surface area is 79.2 Å². The van der Waals surface area contributed by atoms with Gasteiger partial charge in [0.2, 0.25) is 0 Å². The molecule has 1 nitrogen and oxygen atoms in total. The molecule has 60 valence electrons. The van der Waals surface area contributed by atoms with Crippen molar-refractivity contribution in [2.75, 3.05) is 0 Å². The molecule has 1 aromatic carbocycles. The van der Waals surface area contributed by atoms with Gasteiger partial charge in [-0.25, -0.2) is 0 Å². The number of benzene rings is 1. The number of halogens is 1. The third kappa shape index (κ3) is 0.950. The van der Waals surface area contributed by atoms with Gasteiger partial charge < -0.3 is 0 Å². The van der Waals surface area contributed by atoms with E-state index in [1.165, 1.54) is 0 Å². The molecule has 1 aliphatic rings. The number of fused-ring (bicyclic) bond motifs is 1. The van der Waals surface area contributed by atoms with Crippen LogP contribution in [0.3, 0.4) is 0 Å². The normalized spacial score (nSPS) is 14.5. The van der Waals surface area contributed by atoms with E-state index in [0.29, 0.717) is 0 Å².